The Morgan fingerprint density at radius 1 is 0.404 bits per heavy atom. The van der Waals surface area contributed by atoms with E-state index in [-0.39, 0.29) is 11.6 Å². The zero-order chi connectivity index (χ0) is 35.6. The molecular weight excluding hydrogens is 683 g/mol. The van der Waals surface area contributed by atoms with E-state index in [1.807, 2.05) is 30.3 Å². The molecule has 0 spiro atoms. The maximum Gasteiger partial charge on any atom is 0.131 e. The smallest absolute Gasteiger partial charge is 0.131 e. The van der Waals surface area contributed by atoms with Gasteiger partial charge >= 0.3 is 0 Å². The van der Waals surface area contributed by atoms with Crippen LogP contribution in [0.4, 0.5) is 42.9 Å². The van der Waals surface area contributed by atoms with Gasteiger partial charge in [-0.1, -0.05) is 129 Å². The summed E-state index contributed by atoms with van der Waals surface area (Å²) in [7, 11) is 0. The van der Waals surface area contributed by atoms with Crippen LogP contribution in [0.2, 0.25) is 0 Å². The fourth-order valence-corrected chi connectivity index (χ4v) is 9.61. The van der Waals surface area contributed by atoms with Crippen LogP contribution >= 0.6 is 23.5 Å². The van der Waals surface area contributed by atoms with Gasteiger partial charge in [0.15, 0.2) is 0 Å². The van der Waals surface area contributed by atoms with Gasteiger partial charge in [-0.05, 0) is 72.1 Å². The molecule has 0 fully saturated rings. The van der Waals surface area contributed by atoms with Gasteiger partial charge in [-0.2, -0.15) is 0 Å². The molecule has 2 heterocycles. The maximum absolute atomic E-state index is 16.4. The normalized spacial score (nSPS) is 13.2. The summed E-state index contributed by atoms with van der Waals surface area (Å²) in [4.78, 5) is 9.04. The molecule has 7 aromatic carbocycles. The van der Waals surface area contributed by atoms with Crippen molar-refractivity contribution in [2.75, 3.05) is 9.80 Å². The summed E-state index contributed by atoms with van der Waals surface area (Å²) in [5.41, 5.74) is 8.48. The van der Waals surface area contributed by atoms with Crippen molar-refractivity contribution in [3.8, 4) is 22.3 Å². The Labute approximate surface area is 311 Å². The highest BCUT2D eigenvalue weighted by atomic mass is 32.2. The summed E-state index contributed by atoms with van der Waals surface area (Å²) in [5, 5.41) is 0. The molecule has 9 rings (SSSR count). The van der Waals surface area contributed by atoms with Crippen LogP contribution in [0.25, 0.3) is 22.3 Å². The molecule has 0 radical (unpaired) electrons. The van der Waals surface area contributed by atoms with Crippen molar-refractivity contribution < 1.29 is 8.78 Å². The summed E-state index contributed by atoms with van der Waals surface area (Å²) in [6.07, 6.45) is 0. The molecule has 254 valence electrons. The number of para-hydroxylation sites is 4. The highest BCUT2D eigenvalue weighted by Crippen LogP contribution is 2.61. The number of anilines is 6. The largest absolute Gasteiger partial charge is 0.307 e. The molecule has 0 saturated heterocycles. The minimum absolute atomic E-state index is 0.339. The van der Waals surface area contributed by atoms with Gasteiger partial charge in [0.25, 0.3) is 0 Å². The second-order valence-electron chi connectivity index (χ2n) is 14.0. The lowest BCUT2D eigenvalue weighted by Crippen LogP contribution is -2.27. The molecule has 0 saturated carbocycles. The standard InChI is InChI=1S/C46H34F2N2S2/c1-46(2,3)43-44(49-35-20-8-12-24-39(35)51-40-25-13-9-21-36(40)49)31(29-16-4-6-18-33(29)47)28-32(30-17-5-7-19-34(30)48)45(43)50-37-22-10-14-26-41(37)52-42-27-15-11-23-38(42)50/h4-28H,1-3H3. The molecule has 6 heteroatoms. The number of benzene rings is 7. The predicted molar refractivity (Wildman–Crippen MR) is 214 cm³/mol. The van der Waals surface area contributed by atoms with Crippen LogP contribution in [-0.4, -0.2) is 0 Å². The second kappa shape index (κ2) is 12.7. The van der Waals surface area contributed by atoms with Crippen LogP contribution in [-0.2, 0) is 5.41 Å². The molecule has 0 aromatic heterocycles. The van der Waals surface area contributed by atoms with E-state index in [1.165, 1.54) is 12.1 Å². The number of hydrogen-bond acceptors (Lipinski definition) is 4. The van der Waals surface area contributed by atoms with Crippen molar-refractivity contribution in [1.29, 1.82) is 0 Å². The third-order valence-corrected chi connectivity index (χ3v) is 11.9. The van der Waals surface area contributed by atoms with Crippen molar-refractivity contribution in [3.63, 3.8) is 0 Å². The molecule has 2 nitrogen and oxygen atoms in total. The molecule has 7 aromatic rings. The van der Waals surface area contributed by atoms with E-state index in [4.69, 9.17) is 0 Å². The summed E-state index contributed by atoms with van der Waals surface area (Å²) in [6, 6.07) is 49.5. The molecule has 0 atom stereocenters. The van der Waals surface area contributed by atoms with E-state index in [0.717, 1.165) is 59.3 Å². The zero-order valence-corrected chi connectivity index (χ0v) is 30.5. The first kappa shape index (κ1) is 32.6. The van der Waals surface area contributed by atoms with Crippen molar-refractivity contribution in [1.82, 2.24) is 0 Å². The molecule has 0 N–H and O–H groups in total. The highest BCUT2D eigenvalue weighted by molar-refractivity contribution is 8.00. The maximum atomic E-state index is 16.4. The third-order valence-electron chi connectivity index (χ3n) is 9.66. The SMILES string of the molecule is CC(C)(C)c1c(N2c3ccccc3Sc3ccccc32)c(-c2ccccc2F)cc(-c2ccccc2F)c1N1c2ccccc2Sc2ccccc21. The van der Waals surface area contributed by atoms with Gasteiger partial charge in [-0.15, -0.1) is 0 Å². The van der Waals surface area contributed by atoms with Crippen molar-refractivity contribution in [2.24, 2.45) is 0 Å². The molecule has 0 unspecified atom stereocenters. The van der Waals surface area contributed by atoms with E-state index in [2.05, 4.69) is 128 Å². The first-order valence-electron chi connectivity index (χ1n) is 17.3. The van der Waals surface area contributed by atoms with E-state index >= 15 is 8.78 Å². The number of hydrogen-bond donors (Lipinski definition) is 0. The van der Waals surface area contributed by atoms with E-state index in [9.17, 15) is 0 Å². The molecule has 2 aliphatic heterocycles. The van der Waals surface area contributed by atoms with E-state index in [1.54, 1.807) is 35.7 Å². The lowest BCUT2D eigenvalue weighted by molar-refractivity contribution is 0.591. The van der Waals surface area contributed by atoms with Gasteiger partial charge in [-0.25, -0.2) is 8.78 Å². The number of nitrogens with zero attached hydrogens (tertiary/aromatic N) is 2. The Kier molecular flexibility index (Phi) is 7.98. The molecular formula is C46H34F2N2S2. The van der Waals surface area contributed by atoms with Crippen LogP contribution in [0.15, 0.2) is 171 Å². The van der Waals surface area contributed by atoms with Crippen LogP contribution < -0.4 is 9.80 Å². The lowest BCUT2D eigenvalue weighted by atomic mass is 9.78. The summed E-state index contributed by atoms with van der Waals surface area (Å²) >= 11 is 3.47. The monoisotopic (exact) mass is 716 g/mol. The first-order valence-corrected chi connectivity index (χ1v) is 19.0. The van der Waals surface area contributed by atoms with Crippen LogP contribution in [0, 0.1) is 11.6 Å². The Morgan fingerprint density at radius 3 is 1.04 bits per heavy atom. The van der Waals surface area contributed by atoms with Gasteiger partial charge in [0.1, 0.15) is 11.6 Å². The highest BCUT2D eigenvalue weighted by Gasteiger charge is 2.39. The Hall–Kier alpha value is -5.30. The van der Waals surface area contributed by atoms with Crippen LogP contribution in [0.1, 0.15) is 26.3 Å². The van der Waals surface area contributed by atoms with E-state index in [0.29, 0.717) is 22.3 Å². The summed E-state index contributed by atoms with van der Waals surface area (Å²) < 4.78 is 32.8. The molecule has 0 bridgehead atoms. The minimum Gasteiger partial charge on any atom is -0.307 e. The fourth-order valence-electron chi connectivity index (χ4n) is 7.50. The Morgan fingerprint density at radius 2 is 0.712 bits per heavy atom. The Bertz CT molecular complexity index is 2270. The average Bonchev–Trinajstić information content (AvgIpc) is 3.15. The number of rotatable bonds is 4. The van der Waals surface area contributed by atoms with Crippen molar-refractivity contribution in [3.05, 3.63) is 169 Å². The van der Waals surface area contributed by atoms with Crippen molar-refractivity contribution in [2.45, 2.75) is 45.8 Å². The fraction of sp³-hybridized carbons (Fsp3) is 0.0870. The first-order chi connectivity index (χ1) is 25.3. The molecule has 2 aliphatic rings. The van der Waals surface area contributed by atoms with Gasteiger partial charge < -0.3 is 9.80 Å². The predicted octanol–water partition coefficient (Wildman–Crippen LogP) is 14.5. The minimum atomic E-state index is -0.533. The number of halogens is 2. The van der Waals surface area contributed by atoms with Gasteiger partial charge in [0.2, 0.25) is 0 Å². The topological polar surface area (TPSA) is 6.48 Å². The van der Waals surface area contributed by atoms with Crippen LogP contribution in [0.3, 0.4) is 0 Å². The van der Waals surface area contributed by atoms with Crippen molar-refractivity contribution >= 4 is 57.6 Å². The van der Waals surface area contributed by atoms with Crippen LogP contribution in [0.5, 0.6) is 0 Å². The second-order valence-corrected chi connectivity index (χ2v) is 16.2. The van der Waals surface area contributed by atoms with Gasteiger partial charge in [0, 0.05) is 47.4 Å². The summed E-state index contributed by atoms with van der Waals surface area (Å²) in [6.45, 7) is 6.62. The molecule has 52 heavy (non-hydrogen) atoms. The quantitative estimate of drug-likeness (QED) is 0.179. The van der Waals surface area contributed by atoms with Gasteiger partial charge in [-0.3, -0.25) is 0 Å². The van der Waals surface area contributed by atoms with E-state index < -0.39 is 5.41 Å². The van der Waals surface area contributed by atoms with Gasteiger partial charge in [0.05, 0.1) is 34.1 Å². The number of fused-ring (bicyclic) bond motifs is 4. The lowest BCUT2D eigenvalue weighted by Gasteiger charge is -2.43. The Balaban J connectivity index is 1.53. The third kappa shape index (κ3) is 5.32. The zero-order valence-electron chi connectivity index (χ0n) is 28.9. The molecule has 0 aliphatic carbocycles. The molecule has 0 amide bonds. The average molecular weight is 717 g/mol. The summed E-state index contributed by atoms with van der Waals surface area (Å²) in [5.74, 6) is -0.678.